The highest BCUT2D eigenvalue weighted by molar-refractivity contribution is 5.83. The van der Waals surface area contributed by atoms with Crippen molar-refractivity contribution in [1.29, 1.82) is 0 Å². The van der Waals surface area contributed by atoms with Crippen LogP contribution in [0.15, 0.2) is 48.7 Å². The minimum atomic E-state index is -0.668. The molecular weight excluding hydrogens is 616 g/mol. The molecule has 0 spiro atoms. The molecule has 0 aliphatic carbocycles. The van der Waals surface area contributed by atoms with Crippen LogP contribution in [-0.4, -0.2) is 100 Å². The number of hydrogen-bond donors (Lipinski definition) is 3. The third-order valence-corrected chi connectivity index (χ3v) is 9.59. The van der Waals surface area contributed by atoms with E-state index in [9.17, 15) is 4.79 Å². The topological polar surface area (TPSA) is 112 Å². The first-order chi connectivity index (χ1) is 23.3. The van der Waals surface area contributed by atoms with Gasteiger partial charge in [0, 0.05) is 64.0 Å². The van der Waals surface area contributed by atoms with Crippen LogP contribution in [0.4, 0.5) is 14.7 Å². The Labute approximate surface area is 280 Å². The van der Waals surface area contributed by atoms with Crippen LogP contribution < -0.4 is 16.0 Å². The van der Waals surface area contributed by atoms with E-state index in [1.54, 1.807) is 17.6 Å². The van der Waals surface area contributed by atoms with E-state index in [0.717, 1.165) is 65.0 Å². The molecular formula is C35H45F2N9O2. The monoisotopic (exact) mass is 661 g/mol. The number of aromatic nitrogens is 4. The first kappa shape index (κ1) is 33.8. The second-order valence-corrected chi connectivity index (χ2v) is 12.7. The Morgan fingerprint density at radius 1 is 1.06 bits per heavy atom. The number of hydrogen-bond acceptors (Lipinski definition) is 10. The van der Waals surface area contributed by atoms with Crippen molar-refractivity contribution in [3.8, 4) is 11.3 Å². The number of ether oxygens (including phenoxy) is 1. The molecule has 48 heavy (non-hydrogen) atoms. The molecule has 6 rings (SSSR count). The number of likely N-dealkylation sites (N-methyl/N-ethyl adjacent to an activating group) is 1. The quantitative estimate of drug-likeness (QED) is 0.194. The predicted octanol–water partition coefficient (Wildman–Crippen LogP) is 3.79. The van der Waals surface area contributed by atoms with E-state index in [1.165, 1.54) is 18.7 Å². The number of methoxy groups -OCH3 is 1. The molecule has 2 saturated heterocycles. The molecule has 256 valence electrons. The van der Waals surface area contributed by atoms with Crippen molar-refractivity contribution in [2.45, 2.75) is 52.0 Å². The van der Waals surface area contributed by atoms with Crippen molar-refractivity contribution < 1.29 is 18.3 Å². The van der Waals surface area contributed by atoms with E-state index in [-0.39, 0.29) is 53.9 Å². The van der Waals surface area contributed by atoms with Gasteiger partial charge >= 0.3 is 5.97 Å². The summed E-state index contributed by atoms with van der Waals surface area (Å²) >= 11 is 0. The molecule has 2 aromatic carbocycles. The number of nitrogens with zero attached hydrogens (tertiary/aromatic N) is 6. The Hall–Kier alpha value is -4.04. The summed E-state index contributed by atoms with van der Waals surface area (Å²) in [5, 5.41) is 10.8. The summed E-state index contributed by atoms with van der Waals surface area (Å²) in [5.74, 6) is -0.476. The van der Waals surface area contributed by atoms with E-state index in [4.69, 9.17) is 4.74 Å². The van der Waals surface area contributed by atoms with Crippen LogP contribution in [0.2, 0.25) is 0 Å². The Kier molecular flexibility index (Phi) is 10.9. The average molecular weight is 662 g/mol. The number of carbonyl (C=O) groups is 1. The lowest BCUT2D eigenvalue weighted by Crippen LogP contribution is -2.58. The zero-order chi connectivity index (χ0) is 33.6. The lowest BCUT2D eigenvalue weighted by Gasteiger charge is -2.42. The predicted molar refractivity (Wildman–Crippen MR) is 181 cm³/mol. The molecule has 3 N–H and O–H groups in total. The highest BCUT2D eigenvalue weighted by Gasteiger charge is 2.32. The number of esters is 1. The van der Waals surface area contributed by atoms with Gasteiger partial charge in [-0.3, -0.25) is 10.1 Å². The van der Waals surface area contributed by atoms with E-state index < -0.39 is 11.6 Å². The van der Waals surface area contributed by atoms with Crippen molar-refractivity contribution in [2.75, 3.05) is 58.2 Å². The van der Waals surface area contributed by atoms with Gasteiger partial charge in [0.1, 0.15) is 17.0 Å². The van der Waals surface area contributed by atoms with Gasteiger partial charge in [-0.05, 0) is 43.5 Å². The number of aryl methyl sites for hydroxylation is 2. The number of nitrogens with one attached hydrogen (secondary N) is 3. The lowest BCUT2D eigenvalue weighted by molar-refractivity contribution is -0.140. The standard InChI is InChI=1S/C35H45F2N9O2/c1-4-44-12-14-45(15-13-44)22-26-20-39-31(18-29(26)38-19-24-8-6-5-7-9-24)42-35-40-21-28(37)33(43-35)25-16-27(36)34-30(17-25)46(23(2)41-34)11-10-32(47)48-3/h5-9,16-17,21,26,29,31,38-39H,4,10-15,18-20,22H2,1-3H3,(H,40,42,43). The maximum Gasteiger partial charge on any atom is 0.307 e. The fraction of sp³-hybridized carbons (Fsp3) is 0.486. The minimum absolute atomic E-state index is 0.0228. The molecule has 3 unspecified atom stereocenters. The van der Waals surface area contributed by atoms with Crippen LogP contribution in [0.5, 0.6) is 0 Å². The molecule has 13 heteroatoms. The van der Waals surface area contributed by atoms with Gasteiger partial charge in [0.2, 0.25) is 5.95 Å². The van der Waals surface area contributed by atoms with Crippen molar-refractivity contribution in [2.24, 2.45) is 5.92 Å². The number of piperidine rings is 1. The molecule has 2 aliphatic heterocycles. The van der Waals surface area contributed by atoms with Gasteiger partial charge in [-0.15, -0.1) is 0 Å². The molecule has 11 nitrogen and oxygen atoms in total. The number of benzene rings is 2. The number of carbonyl (C=O) groups excluding carboxylic acids is 1. The van der Waals surface area contributed by atoms with Crippen LogP contribution in [0.25, 0.3) is 22.3 Å². The van der Waals surface area contributed by atoms with E-state index in [0.29, 0.717) is 17.3 Å². The Morgan fingerprint density at radius 3 is 2.58 bits per heavy atom. The van der Waals surface area contributed by atoms with Gasteiger partial charge in [-0.2, -0.15) is 0 Å². The van der Waals surface area contributed by atoms with Crippen molar-refractivity contribution >= 4 is 23.0 Å². The van der Waals surface area contributed by atoms with Gasteiger partial charge < -0.3 is 29.7 Å². The molecule has 0 bridgehead atoms. The summed E-state index contributed by atoms with van der Waals surface area (Å²) in [5.41, 5.74) is 2.06. The Balaban J connectivity index is 1.18. The number of halogens is 2. The van der Waals surface area contributed by atoms with Crippen molar-refractivity contribution in [3.05, 3.63) is 71.7 Å². The van der Waals surface area contributed by atoms with Crippen LogP contribution in [-0.2, 0) is 22.6 Å². The average Bonchev–Trinajstić information content (AvgIpc) is 3.43. The van der Waals surface area contributed by atoms with Crippen LogP contribution in [0.3, 0.4) is 0 Å². The summed E-state index contributed by atoms with van der Waals surface area (Å²) in [6.07, 6.45) is 1.81. The molecule has 4 heterocycles. The maximum absolute atomic E-state index is 15.3. The third kappa shape index (κ3) is 7.97. The van der Waals surface area contributed by atoms with E-state index in [1.807, 2.05) is 6.07 Å². The first-order valence-electron chi connectivity index (χ1n) is 16.8. The summed E-state index contributed by atoms with van der Waals surface area (Å²) in [7, 11) is 1.32. The van der Waals surface area contributed by atoms with Gasteiger partial charge in [0.05, 0.1) is 31.4 Å². The largest absolute Gasteiger partial charge is 0.469 e. The van der Waals surface area contributed by atoms with Crippen LogP contribution in [0, 0.1) is 24.5 Å². The Morgan fingerprint density at radius 2 is 1.83 bits per heavy atom. The smallest absolute Gasteiger partial charge is 0.307 e. The second-order valence-electron chi connectivity index (χ2n) is 12.7. The van der Waals surface area contributed by atoms with E-state index in [2.05, 4.69) is 71.9 Å². The van der Waals surface area contributed by atoms with Gasteiger partial charge in [-0.25, -0.2) is 23.7 Å². The number of imidazole rings is 1. The fourth-order valence-corrected chi connectivity index (χ4v) is 6.80. The maximum atomic E-state index is 15.3. The molecule has 0 saturated carbocycles. The second kappa shape index (κ2) is 15.5. The minimum Gasteiger partial charge on any atom is -0.469 e. The molecule has 0 radical (unpaired) electrons. The SMILES string of the molecule is CCN1CCN(CC2CNC(Nc3ncc(F)c(-c4cc(F)c5nc(C)n(CCC(=O)OC)c5c4)n3)CC2NCc2ccccc2)CC1. The molecule has 3 atom stereocenters. The number of fused-ring (bicyclic) bond motifs is 1. The summed E-state index contributed by atoms with van der Waals surface area (Å²) in [6, 6.07) is 13.5. The lowest BCUT2D eigenvalue weighted by atomic mass is 9.90. The normalized spacial score (nSPS) is 20.6. The summed E-state index contributed by atoms with van der Waals surface area (Å²) in [4.78, 5) is 29.9. The fourth-order valence-electron chi connectivity index (χ4n) is 6.80. The van der Waals surface area contributed by atoms with Gasteiger partial charge in [0.15, 0.2) is 11.6 Å². The number of piperazine rings is 1. The number of rotatable bonds is 12. The van der Waals surface area contributed by atoms with Gasteiger partial charge in [-0.1, -0.05) is 37.3 Å². The van der Waals surface area contributed by atoms with Crippen molar-refractivity contribution in [1.82, 2.24) is 40.0 Å². The highest BCUT2D eigenvalue weighted by atomic mass is 19.1. The van der Waals surface area contributed by atoms with E-state index >= 15 is 8.78 Å². The molecule has 2 fully saturated rings. The van der Waals surface area contributed by atoms with Gasteiger partial charge in [0.25, 0.3) is 0 Å². The van der Waals surface area contributed by atoms with Crippen LogP contribution >= 0.6 is 0 Å². The molecule has 0 amide bonds. The first-order valence-corrected chi connectivity index (χ1v) is 16.8. The summed E-state index contributed by atoms with van der Waals surface area (Å²) in [6.45, 7) is 12.2. The Bertz CT molecular complexity index is 1690. The zero-order valence-corrected chi connectivity index (χ0v) is 27.9. The highest BCUT2D eigenvalue weighted by Crippen LogP contribution is 2.29. The molecule has 2 aliphatic rings. The van der Waals surface area contributed by atoms with Crippen LogP contribution in [0.1, 0.15) is 31.2 Å². The number of anilines is 1. The third-order valence-electron chi connectivity index (χ3n) is 9.59. The molecule has 2 aromatic heterocycles. The zero-order valence-electron chi connectivity index (χ0n) is 27.9. The molecule has 4 aromatic rings. The van der Waals surface area contributed by atoms with Crippen molar-refractivity contribution in [3.63, 3.8) is 0 Å². The summed E-state index contributed by atoms with van der Waals surface area (Å²) < 4.78 is 37.0.